The summed E-state index contributed by atoms with van der Waals surface area (Å²) in [5.74, 6) is -0.150. The summed E-state index contributed by atoms with van der Waals surface area (Å²) < 4.78 is 0. The fourth-order valence-electron chi connectivity index (χ4n) is 3.92. The molecule has 2 N–H and O–H groups in total. The van der Waals surface area contributed by atoms with Crippen LogP contribution in [0, 0.1) is 0 Å². The molecular weight excluding hydrogens is 388 g/mol. The molecule has 2 fully saturated rings. The van der Waals surface area contributed by atoms with Gasteiger partial charge in [-0.25, -0.2) is 0 Å². The molecule has 4 rings (SSSR count). The summed E-state index contributed by atoms with van der Waals surface area (Å²) >= 11 is 0. The van der Waals surface area contributed by atoms with Gasteiger partial charge in [0.05, 0.1) is 11.3 Å². The van der Waals surface area contributed by atoms with Gasteiger partial charge in [-0.1, -0.05) is 42.5 Å². The van der Waals surface area contributed by atoms with Gasteiger partial charge in [0, 0.05) is 51.7 Å². The largest absolute Gasteiger partial charge is 0.349 e. The minimum atomic E-state index is -0.106. The molecule has 0 aromatic heterocycles. The van der Waals surface area contributed by atoms with Crippen LogP contribution < -0.4 is 10.6 Å². The van der Waals surface area contributed by atoms with E-state index < -0.39 is 0 Å². The van der Waals surface area contributed by atoms with Crippen molar-refractivity contribution in [2.24, 2.45) is 0 Å². The summed E-state index contributed by atoms with van der Waals surface area (Å²) in [6.07, 6.45) is 3.60. The van der Waals surface area contributed by atoms with Gasteiger partial charge in [-0.05, 0) is 37.0 Å². The third-order valence-corrected chi connectivity index (χ3v) is 6.04. The first-order chi connectivity index (χ1) is 15.2. The van der Waals surface area contributed by atoms with Crippen molar-refractivity contribution >= 4 is 17.5 Å². The summed E-state index contributed by atoms with van der Waals surface area (Å²) in [7, 11) is 0. The zero-order valence-electron chi connectivity index (χ0n) is 18.1. The van der Waals surface area contributed by atoms with E-state index in [4.69, 9.17) is 0 Å². The van der Waals surface area contributed by atoms with E-state index >= 15 is 0 Å². The Bertz CT molecular complexity index is 874. The molecule has 1 heterocycles. The maximum atomic E-state index is 12.5. The van der Waals surface area contributed by atoms with Gasteiger partial charge >= 0.3 is 0 Å². The Morgan fingerprint density at radius 1 is 0.839 bits per heavy atom. The number of piperazine rings is 1. The van der Waals surface area contributed by atoms with Crippen LogP contribution in [0.2, 0.25) is 0 Å². The van der Waals surface area contributed by atoms with Gasteiger partial charge in [-0.15, -0.1) is 0 Å². The number of amides is 2. The van der Waals surface area contributed by atoms with E-state index in [9.17, 15) is 9.59 Å². The predicted molar refractivity (Wildman–Crippen MR) is 123 cm³/mol. The Kier molecular flexibility index (Phi) is 7.33. The normalized spacial score (nSPS) is 17.3. The molecule has 2 aromatic rings. The highest BCUT2D eigenvalue weighted by Crippen LogP contribution is 2.21. The Labute approximate surface area is 184 Å². The molecular formula is C25H32N4O2. The Morgan fingerprint density at radius 3 is 2.19 bits per heavy atom. The Morgan fingerprint density at radius 2 is 1.48 bits per heavy atom. The quantitative estimate of drug-likeness (QED) is 0.655. The maximum absolute atomic E-state index is 12.5. The van der Waals surface area contributed by atoms with Crippen molar-refractivity contribution in [3.63, 3.8) is 0 Å². The van der Waals surface area contributed by atoms with Crippen LogP contribution in [0.3, 0.4) is 0 Å². The van der Waals surface area contributed by atoms with Crippen LogP contribution in [-0.4, -0.2) is 66.9 Å². The zero-order chi connectivity index (χ0) is 21.5. The second kappa shape index (κ2) is 10.6. The fourth-order valence-corrected chi connectivity index (χ4v) is 3.92. The molecule has 6 nitrogen and oxygen atoms in total. The number of hydrogen-bond acceptors (Lipinski definition) is 4. The van der Waals surface area contributed by atoms with Crippen molar-refractivity contribution in [1.29, 1.82) is 0 Å². The number of nitrogens with one attached hydrogen (secondary N) is 2. The fraction of sp³-hybridized carbons (Fsp3) is 0.440. The first-order valence-electron chi connectivity index (χ1n) is 11.4. The minimum absolute atomic E-state index is 0.0434. The molecule has 1 aliphatic carbocycles. The third-order valence-electron chi connectivity index (χ3n) is 6.04. The summed E-state index contributed by atoms with van der Waals surface area (Å²) in [6, 6.07) is 18.1. The molecule has 6 heteroatoms. The summed E-state index contributed by atoms with van der Waals surface area (Å²) in [6.45, 7) is 5.88. The molecule has 2 aromatic carbocycles. The molecule has 0 spiro atoms. The van der Waals surface area contributed by atoms with Gasteiger partial charge in [0.2, 0.25) is 5.91 Å². The SMILES string of the molecule is O=C(CCN1CCN(CCc2ccccc2)CC1)Nc1ccccc1C(=O)NC1CC1. The van der Waals surface area contributed by atoms with E-state index in [1.165, 1.54) is 5.56 Å². The van der Waals surface area contributed by atoms with E-state index in [2.05, 4.69) is 50.8 Å². The van der Waals surface area contributed by atoms with Crippen LogP contribution in [0.1, 0.15) is 35.2 Å². The van der Waals surface area contributed by atoms with Gasteiger partial charge in [-0.3, -0.25) is 9.59 Å². The highest BCUT2D eigenvalue weighted by Gasteiger charge is 2.25. The minimum Gasteiger partial charge on any atom is -0.349 e. The monoisotopic (exact) mass is 420 g/mol. The molecule has 1 saturated carbocycles. The van der Waals surface area contributed by atoms with Gasteiger partial charge in [0.15, 0.2) is 0 Å². The average molecular weight is 421 g/mol. The highest BCUT2D eigenvalue weighted by molar-refractivity contribution is 6.03. The molecule has 0 radical (unpaired) electrons. The molecule has 0 unspecified atom stereocenters. The van der Waals surface area contributed by atoms with Crippen molar-refractivity contribution < 1.29 is 9.59 Å². The predicted octanol–water partition coefficient (Wildman–Crippen LogP) is 2.77. The first-order valence-corrected chi connectivity index (χ1v) is 11.4. The number of carbonyl (C=O) groups is 2. The molecule has 164 valence electrons. The van der Waals surface area contributed by atoms with Crippen LogP contribution in [0.25, 0.3) is 0 Å². The van der Waals surface area contributed by atoms with E-state index in [0.717, 1.165) is 58.5 Å². The summed E-state index contributed by atoms with van der Waals surface area (Å²) in [5, 5.41) is 5.92. The van der Waals surface area contributed by atoms with E-state index in [1.54, 1.807) is 12.1 Å². The number of benzene rings is 2. The van der Waals surface area contributed by atoms with E-state index in [-0.39, 0.29) is 11.8 Å². The third kappa shape index (κ3) is 6.64. The second-order valence-corrected chi connectivity index (χ2v) is 8.51. The lowest BCUT2D eigenvalue weighted by Crippen LogP contribution is -2.47. The lowest BCUT2D eigenvalue weighted by atomic mass is 10.1. The van der Waals surface area contributed by atoms with Crippen molar-refractivity contribution in [2.75, 3.05) is 44.6 Å². The Hall–Kier alpha value is -2.70. The van der Waals surface area contributed by atoms with Gasteiger partial charge in [0.25, 0.3) is 5.91 Å². The van der Waals surface area contributed by atoms with Crippen LogP contribution in [-0.2, 0) is 11.2 Å². The lowest BCUT2D eigenvalue weighted by molar-refractivity contribution is -0.116. The average Bonchev–Trinajstić information content (AvgIpc) is 3.62. The van der Waals surface area contributed by atoms with Crippen molar-refractivity contribution in [1.82, 2.24) is 15.1 Å². The van der Waals surface area contributed by atoms with Crippen LogP contribution in [0.5, 0.6) is 0 Å². The van der Waals surface area contributed by atoms with Crippen LogP contribution in [0.15, 0.2) is 54.6 Å². The lowest BCUT2D eigenvalue weighted by Gasteiger charge is -2.34. The van der Waals surface area contributed by atoms with Crippen molar-refractivity contribution in [2.45, 2.75) is 31.7 Å². The van der Waals surface area contributed by atoms with Crippen LogP contribution >= 0.6 is 0 Å². The topological polar surface area (TPSA) is 64.7 Å². The molecule has 31 heavy (non-hydrogen) atoms. The summed E-state index contributed by atoms with van der Waals surface area (Å²) in [5.41, 5.74) is 2.51. The number of rotatable bonds is 9. The first kappa shape index (κ1) is 21.5. The van der Waals surface area contributed by atoms with Crippen molar-refractivity contribution in [3.05, 3.63) is 65.7 Å². The van der Waals surface area contributed by atoms with Gasteiger partial charge in [-0.2, -0.15) is 0 Å². The number of carbonyl (C=O) groups excluding carboxylic acids is 2. The number of hydrogen-bond donors (Lipinski definition) is 2. The van der Waals surface area contributed by atoms with E-state index in [0.29, 0.717) is 23.7 Å². The molecule has 0 bridgehead atoms. The standard InChI is InChI=1S/C25H32N4O2/c30-24(27-23-9-5-4-8-22(23)25(31)26-21-10-11-21)13-15-29-18-16-28(17-19-29)14-12-20-6-2-1-3-7-20/h1-9,21H,10-19H2,(H,26,31)(H,27,30). The summed E-state index contributed by atoms with van der Waals surface area (Å²) in [4.78, 5) is 29.8. The Balaban J connectivity index is 1.17. The second-order valence-electron chi connectivity index (χ2n) is 8.51. The van der Waals surface area contributed by atoms with Crippen molar-refractivity contribution in [3.8, 4) is 0 Å². The number of nitrogens with zero attached hydrogens (tertiary/aromatic N) is 2. The number of anilines is 1. The van der Waals surface area contributed by atoms with Gasteiger partial charge in [0.1, 0.15) is 0 Å². The molecule has 2 aliphatic rings. The smallest absolute Gasteiger partial charge is 0.253 e. The van der Waals surface area contributed by atoms with Gasteiger partial charge < -0.3 is 20.4 Å². The zero-order valence-corrected chi connectivity index (χ0v) is 18.1. The number of para-hydroxylation sites is 1. The highest BCUT2D eigenvalue weighted by atomic mass is 16.2. The van der Waals surface area contributed by atoms with Crippen LogP contribution in [0.4, 0.5) is 5.69 Å². The van der Waals surface area contributed by atoms with E-state index in [1.807, 2.05) is 12.1 Å². The molecule has 2 amide bonds. The molecule has 1 saturated heterocycles. The maximum Gasteiger partial charge on any atom is 0.253 e. The molecule has 1 aliphatic heterocycles. The molecule has 0 atom stereocenters.